The van der Waals surface area contributed by atoms with Crippen LogP contribution >= 0.6 is 24.0 Å². The smallest absolute Gasteiger partial charge is 0.223 e. The maximum Gasteiger partial charge on any atom is 0.223 e. The van der Waals surface area contributed by atoms with Crippen LogP contribution in [0.1, 0.15) is 25.7 Å². The summed E-state index contributed by atoms with van der Waals surface area (Å²) in [6.45, 7) is 4.50. The monoisotopic (exact) mass is 452 g/mol. The molecule has 2 saturated heterocycles. The predicted molar refractivity (Wildman–Crippen MR) is 103 cm³/mol. The molecule has 8 heteroatoms. The molecular weight excluding hydrogens is 423 g/mol. The Hall–Kier alpha value is -0.610. The van der Waals surface area contributed by atoms with Crippen LogP contribution in [-0.4, -0.2) is 75.4 Å². The summed E-state index contributed by atoms with van der Waals surface area (Å²) in [6, 6.07) is 0. The molecule has 0 aromatic heterocycles. The number of hydrogen-bond acceptors (Lipinski definition) is 4. The number of morpholine rings is 1. The highest BCUT2D eigenvalue weighted by molar-refractivity contribution is 14.0. The Kier molecular flexibility index (Phi) is 8.02. The fourth-order valence-corrected chi connectivity index (χ4v) is 3.17. The van der Waals surface area contributed by atoms with Crippen LogP contribution in [-0.2, 0) is 14.3 Å². The molecule has 3 fully saturated rings. The number of halogens is 1. The van der Waals surface area contributed by atoms with Crippen LogP contribution in [0.4, 0.5) is 0 Å². The topological polar surface area (TPSA) is 75.2 Å². The lowest BCUT2D eigenvalue weighted by Crippen LogP contribution is -2.54. The van der Waals surface area contributed by atoms with E-state index in [1.165, 1.54) is 0 Å². The molecule has 3 aliphatic rings. The molecule has 1 saturated carbocycles. The number of amides is 1. The minimum absolute atomic E-state index is 0. The summed E-state index contributed by atoms with van der Waals surface area (Å²) in [6.07, 6.45) is 4.63. The van der Waals surface area contributed by atoms with Crippen LogP contribution in [0.2, 0.25) is 0 Å². The molecule has 0 radical (unpaired) electrons. The van der Waals surface area contributed by atoms with Crippen LogP contribution in [0.15, 0.2) is 4.99 Å². The summed E-state index contributed by atoms with van der Waals surface area (Å²) in [7, 11) is 1.79. The van der Waals surface area contributed by atoms with Crippen molar-refractivity contribution in [2.24, 2.45) is 10.9 Å². The molecule has 7 nitrogen and oxygen atoms in total. The molecule has 2 N–H and O–H groups in total. The van der Waals surface area contributed by atoms with Crippen LogP contribution in [0, 0.1) is 5.92 Å². The molecule has 2 aliphatic heterocycles. The van der Waals surface area contributed by atoms with E-state index < -0.39 is 0 Å². The van der Waals surface area contributed by atoms with E-state index in [0.29, 0.717) is 19.7 Å². The quantitative estimate of drug-likeness (QED) is 0.277. The highest BCUT2D eigenvalue weighted by Gasteiger charge is 2.32. The van der Waals surface area contributed by atoms with E-state index in [0.717, 1.165) is 51.3 Å². The zero-order chi connectivity index (χ0) is 16.1. The third-order valence-corrected chi connectivity index (χ3v) is 4.64. The number of rotatable bonds is 5. The second kappa shape index (κ2) is 9.76. The number of carbonyl (C=O) groups is 1. The molecule has 2 heterocycles. The van der Waals surface area contributed by atoms with Gasteiger partial charge in [-0.3, -0.25) is 9.79 Å². The summed E-state index contributed by atoms with van der Waals surface area (Å²) in [5.74, 6) is 1.32. The summed E-state index contributed by atoms with van der Waals surface area (Å²) < 4.78 is 11.6. The zero-order valence-corrected chi connectivity index (χ0v) is 16.7. The Bertz CT molecular complexity index is 439. The van der Waals surface area contributed by atoms with Gasteiger partial charge in [0.1, 0.15) is 6.10 Å². The Morgan fingerprint density at radius 1 is 1.12 bits per heavy atom. The Morgan fingerprint density at radius 3 is 2.54 bits per heavy atom. The molecule has 1 aliphatic carbocycles. The number of guanidine groups is 1. The van der Waals surface area contributed by atoms with E-state index in [-0.39, 0.29) is 48.0 Å². The Labute approximate surface area is 160 Å². The minimum Gasteiger partial charge on any atom is -0.375 e. The van der Waals surface area contributed by atoms with E-state index in [2.05, 4.69) is 20.5 Å². The second-order valence-electron chi connectivity index (χ2n) is 6.45. The van der Waals surface area contributed by atoms with Crippen molar-refractivity contribution in [2.45, 2.75) is 37.9 Å². The van der Waals surface area contributed by atoms with Gasteiger partial charge in [0, 0.05) is 45.8 Å². The molecule has 0 spiro atoms. The first kappa shape index (κ1) is 19.7. The highest BCUT2D eigenvalue weighted by atomic mass is 127. The van der Waals surface area contributed by atoms with Crippen molar-refractivity contribution in [2.75, 3.05) is 46.4 Å². The van der Waals surface area contributed by atoms with Crippen molar-refractivity contribution in [1.82, 2.24) is 15.5 Å². The second-order valence-corrected chi connectivity index (χ2v) is 6.45. The molecule has 2 atom stereocenters. The van der Waals surface area contributed by atoms with Gasteiger partial charge in [-0.05, 0) is 25.7 Å². The number of aliphatic imine (C=N–C) groups is 1. The third-order valence-electron chi connectivity index (χ3n) is 4.64. The summed E-state index contributed by atoms with van der Waals surface area (Å²) in [4.78, 5) is 18.2. The van der Waals surface area contributed by atoms with Gasteiger partial charge in [-0.15, -0.1) is 24.0 Å². The fourth-order valence-electron chi connectivity index (χ4n) is 3.17. The lowest BCUT2D eigenvalue weighted by atomic mass is 10.1. The predicted octanol–water partition coefficient (Wildman–Crippen LogP) is 0.586. The number of carbonyl (C=O) groups excluding carboxylic acids is 1. The molecule has 3 rings (SSSR count). The lowest BCUT2D eigenvalue weighted by Gasteiger charge is -2.37. The first-order valence-corrected chi connectivity index (χ1v) is 8.74. The van der Waals surface area contributed by atoms with Crippen LogP contribution in [0.25, 0.3) is 0 Å². The molecule has 0 bridgehead atoms. The largest absolute Gasteiger partial charge is 0.375 e. The SMILES string of the molecule is CN=C(NCCNC(=O)C1CC1)N1CCOC(C2CCCO2)C1.I. The number of ether oxygens (including phenoxy) is 2. The van der Waals surface area contributed by atoms with Crippen molar-refractivity contribution in [1.29, 1.82) is 0 Å². The van der Waals surface area contributed by atoms with Crippen molar-refractivity contribution in [3.63, 3.8) is 0 Å². The van der Waals surface area contributed by atoms with Gasteiger partial charge in [0.05, 0.1) is 12.7 Å². The number of nitrogens with zero attached hydrogens (tertiary/aromatic N) is 2. The van der Waals surface area contributed by atoms with Crippen LogP contribution in [0.3, 0.4) is 0 Å². The molecule has 0 aromatic rings. The van der Waals surface area contributed by atoms with Crippen LogP contribution < -0.4 is 10.6 Å². The third kappa shape index (κ3) is 5.45. The van der Waals surface area contributed by atoms with E-state index in [1.807, 2.05) is 0 Å². The summed E-state index contributed by atoms with van der Waals surface area (Å²) >= 11 is 0. The highest BCUT2D eigenvalue weighted by Crippen LogP contribution is 2.28. The Balaban J connectivity index is 0.00000208. The van der Waals surface area contributed by atoms with Gasteiger partial charge >= 0.3 is 0 Å². The van der Waals surface area contributed by atoms with Crippen molar-refractivity contribution in [3.8, 4) is 0 Å². The Morgan fingerprint density at radius 2 is 1.88 bits per heavy atom. The van der Waals surface area contributed by atoms with Gasteiger partial charge in [0.2, 0.25) is 5.91 Å². The van der Waals surface area contributed by atoms with Crippen molar-refractivity contribution < 1.29 is 14.3 Å². The zero-order valence-electron chi connectivity index (χ0n) is 14.3. The van der Waals surface area contributed by atoms with Gasteiger partial charge in [-0.2, -0.15) is 0 Å². The van der Waals surface area contributed by atoms with Gasteiger partial charge in [0.25, 0.3) is 0 Å². The summed E-state index contributed by atoms with van der Waals surface area (Å²) in [5, 5.41) is 6.29. The van der Waals surface area contributed by atoms with Gasteiger partial charge < -0.3 is 25.0 Å². The standard InChI is InChI=1S/C16H28N4O3.HI/c1-17-16(19-7-6-18-15(21)12-4-5-12)20-8-10-23-14(11-20)13-3-2-9-22-13;/h12-14H,2-11H2,1H3,(H,17,19)(H,18,21);1H. The van der Waals surface area contributed by atoms with Crippen molar-refractivity contribution >= 4 is 35.8 Å². The molecule has 138 valence electrons. The van der Waals surface area contributed by atoms with Crippen molar-refractivity contribution in [3.05, 3.63) is 0 Å². The molecule has 24 heavy (non-hydrogen) atoms. The van der Waals surface area contributed by atoms with Crippen LogP contribution in [0.5, 0.6) is 0 Å². The lowest BCUT2D eigenvalue weighted by molar-refractivity contribution is -0.122. The van der Waals surface area contributed by atoms with Gasteiger partial charge in [-0.25, -0.2) is 0 Å². The van der Waals surface area contributed by atoms with Gasteiger partial charge in [0.15, 0.2) is 5.96 Å². The van der Waals surface area contributed by atoms with E-state index >= 15 is 0 Å². The first-order chi connectivity index (χ1) is 11.3. The van der Waals surface area contributed by atoms with E-state index in [4.69, 9.17) is 9.47 Å². The molecule has 2 unspecified atom stereocenters. The molecule has 1 amide bonds. The van der Waals surface area contributed by atoms with E-state index in [1.54, 1.807) is 7.05 Å². The number of hydrogen-bond donors (Lipinski definition) is 2. The first-order valence-electron chi connectivity index (χ1n) is 8.74. The maximum atomic E-state index is 11.6. The maximum absolute atomic E-state index is 11.6. The van der Waals surface area contributed by atoms with Gasteiger partial charge in [-0.1, -0.05) is 0 Å². The average molecular weight is 452 g/mol. The minimum atomic E-state index is 0. The normalized spacial score (nSPS) is 27.5. The average Bonchev–Trinajstić information content (AvgIpc) is 3.29. The van der Waals surface area contributed by atoms with E-state index in [9.17, 15) is 4.79 Å². The summed E-state index contributed by atoms with van der Waals surface area (Å²) in [5.41, 5.74) is 0. The molecular formula is C16H29IN4O3. The fraction of sp³-hybridized carbons (Fsp3) is 0.875. The molecule has 0 aromatic carbocycles. The number of nitrogens with one attached hydrogen (secondary N) is 2.